The third-order valence-electron chi connectivity index (χ3n) is 6.95. The van der Waals surface area contributed by atoms with E-state index in [0.717, 1.165) is 18.4 Å². The average Bonchev–Trinajstić information content (AvgIpc) is 2.89. The van der Waals surface area contributed by atoms with E-state index in [1.807, 2.05) is 26.0 Å². The lowest BCUT2D eigenvalue weighted by atomic mass is 9.82. The van der Waals surface area contributed by atoms with Crippen molar-refractivity contribution < 1.29 is 27.0 Å². The molecule has 0 N–H and O–H groups in total. The highest BCUT2D eigenvalue weighted by Gasteiger charge is 2.27. The predicted molar refractivity (Wildman–Crippen MR) is 133 cm³/mol. The Morgan fingerprint density at radius 1 is 0.778 bits per heavy atom. The zero-order valence-corrected chi connectivity index (χ0v) is 20.8. The van der Waals surface area contributed by atoms with Gasteiger partial charge in [-0.05, 0) is 62.1 Å². The molecule has 1 aliphatic rings. The van der Waals surface area contributed by atoms with Crippen molar-refractivity contribution in [3.63, 3.8) is 0 Å². The molecule has 4 rings (SSSR count). The lowest BCUT2D eigenvalue weighted by Gasteiger charge is -2.29. The van der Waals surface area contributed by atoms with Gasteiger partial charge in [0.15, 0.2) is 23.2 Å². The van der Waals surface area contributed by atoms with Crippen molar-refractivity contribution in [3.8, 4) is 16.9 Å². The molecule has 2 nitrogen and oxygen atoms in total. The van der Waals surface area contributed by atoms with Gasteiger partial charge in [0.05, 0.1) is 19.3 Å². The van der Waals surface area contributed by atoms with Gasteiger partial charge < -0.3 is 9.47 Å². The lowest BCUT2D eigenvalue weighted by Crippen LogP contribution is -2.21. The summed E-state index contributed by atoms with van der Waals surface area (Å²) in [6.07, 6.45) is 4.05. The van der Waals surface area contributed by atoms with Crippen molar-refractivity contribution in [2.75, 3.05) is 6.61 Å². The molecule has 0 radical (unpaired) electrons. The molecule has 0 atom stereocenters. The molecule has 0 amide bonds. The summed E-state index contributed by atoms with van der Waals surface area (Å²) in [4.78, 5) is 0. The molecule has 1 aliphatic carbocycles. The van der Waals surface area contributed by atoms with Gasteiger partial charge in [0.2, 0.25) is 5.82 Å². The third kappa shape index (κ3) is 5.92. The minimum Gasteiger partial charge on any atom is -0.490 e. The number of hydrogen-bond donors (Lipinski definition) is 0. The van der Waals surface area contributed by atoms with Crippen molar-refractivity contribution in [2.24, 2.45) is 0 Å². The van der Waals surface area contributed by atoms with Gasteiger partial charge in [-0.2, -0.15) is 4.39 Å². The summed E-state index contributed by atoms with van der Waals surface area (Å²) in [7, 11) is 0. The molecular weight excluding hydrogens is 468 g/mol. The minimum atomic E-state index is -0.937. The number of benzene rings is 3. The molecule has 192 valence electrons. The molecular formula is C30H32F4O2. The highest BCUT2D eigenvalue weighted by atomic mass is 19.2. The molecule has 3 aromatic carbocycles. The molecule has 0 spiro atoms. The van der Waals surface area contributed by atoms with Gasteiger partial charge in [-0.25, -0.2) is 13.2 Å². The number of unbranched alkanes of at least 4 members (excludes halogenated alkanes) is 1. The van der Waals surface area contributed by atoms with Crippen LogP contribution < -0.4 is 4.74 Å². The molecule has 0 heterocycles. The first-order valence-electron chi connectivity index (χ1n) is 12.6. The third-order valence-corrected chi connectivity index (χ3v) is 6.95. The fraction of sp³-hybridized carbons (Fsp3) is 0.400. The molecule has 0 unspecified atom stereocenters. The van der Waals surface area contributed by atoms with Gasteiger partial charge in [0.1, 0.15) is 0 Å². The zero-order valence-electron chi connectivity index (χ0n) is 20.8. The Hall–Kier alpha value is -2.86. The van der Waals surface area contributed by atoms with Crippen LogP contribution in [0.2, 0.25) is 0 Å². The van der Waals surface area contributed by atoms with Crippen LogP contribution in [0.4, 0.5) is 17.6 Å². The second-order valence-corrected chi connectivity index (χ2v) is 9.53. The standard InChI is InChI=1S/C30H32F4O2/c1-3-4-17-35-26-16-15-25(29(33)30(26)34)21-9-12-23(13-10-21)36-18-22-11-14-24(28(32)27(22)31)20-7-5-19(2)6-8-20/h5-8,11,14-16,21,23H,3-4,9-10,12-13,17-18H2,1-2H3. The SMILES string of the molecule is CCCCOc1ccc(C2CCC(OCc3ccc(-c4ccc(C)cc4)c(F)c3F)CC2)c(F)c1F. The zero-order chi connectivity index (χ0) is 25.7. The van der Waals surface area contributed by atoms with Gasteiger partial charge in [0.25, 0.3) is 0 Å². The first-order valence-corrected chi connectivity index (χ1v) is 12.6. The largest absolute Gasteiger partial charge is 0.490 e. The maximum Gasteiger partial charge on any atom is 0.200 e. The van der Waals surface area contributed by atoms with E-state index in [1.54, 1.807) is 30.3 Å². The van der Waals surface area contributed by atoms with Gasteiger partial charge in [0, 0.05) is 11.1 Å². The highest BCUT2D eigenvalue weighted by Crippen LogP contribution is 2.38. The Labute approximate surface area is 210 Å². The Morgan fingerprint density at radius 3 is 2.19 bits per heavy atom. The van der Waals surface area contributed by atoms with Crippen molar-refractivity contribution in [1.82, 2.24) is 0 Å². The number of aryl methyl sites for hydroxylation is 1. The van der Waals surface area contributed by atoms with Gasteiger partial charge >= 0.3 is 0 Å². The average molecular weight is 501 g/mol. The smallest absolute Gasteiger partial charge is 0.200 e. The monoisotopic (exact) mass is 500 g/mol. The van der Waals surface area contributed by atoms with Gasteiger partial charge in [-0.3, -0.25) is 0 Å². The summed E-state index contributed by atoms with van der Waals surface area (Å²) in [5, 5.41) is 0. The summed E-state index contributed by atoms with van der Waals surface area (Å²) >= 11 is 0. The highest BCUT2D eigenvalue weighted by molar-refractivity contribution is 5.65. The van der Waals surface area contributed by atoms with E-state index < -0.39 is 23.3 Å². The number of ether oxygens (including phenoxy) is 2. The lowest BCUT2D eigenvalue weighted by molar-refractivity contribution is 0.0116. The molecule has 1 fully saturated rings. The van der Waals surface area contributed by atoms with Gasteiger partial charge in [-0.1, -0.05) is 61.4 Å². The quantitative estimate of drug-likeness (QED) is 0.216. The summed E-state index contributed by atoms with van der Waals surface area (Å²) in [6.45, 7) is 4.25. The normalized spacial score (nSPS) is 17.8. The van der Waals surface area contributed by atoms with E-state index in [2.05, 4.69) is 0 Å². The molecule has 0 aromatic heterocycles. The first-order chi connectivity index (χ1) is 17.4. The summed E-state index contributed by atoms with van der Waals surface area (Å²) in [6, 6.07) is 13.5. The van der Waals surface area contributed by atoms with E-state index in [-0.39, 0.29) is 35.5 Å². The van der Waals surface area contributed by atoms with E-state index >= 15 is 0 Å². The topological polar surface area (TPSA) is 18.5 Å². The van der Waals surface area contributed by atoms with E-state index in [9.17, 15) is 17.6 Å². The van der Waals surface area contributed by atoms with Crippen LogP contribution in [-0.2, 0) is 11.3 Å². The van der Waals surface area contributed by atoms with Crippen LogP contribution in [0.5, 0.6) is 5.75 Å². The molecule has 0 bridgehead atoms. The summed E-state index contributed by atoms with van der Waals surface area (Å²) in [5.41, 5.74) is 2.39. The Balaban J connectivity index is 1.33. The predicted octanol–water partition coefficient (Wildman–Crippen LogP) is 8.64. The molecule has 0 saturated heterocycles. The maximum absolute atomic E-state index is 14.7. The van der Waals surface area contributed by atoms with E-state index in [4.69, 9.17) is 9.47 Å². The maximum atomic E-state index is 14.7. The summed E-state index contributed by atoms with van der Waals surface area (Å²) in [5.74, 6) is -3.74. The Kier molecular flexibility index (Phi) is 8.68. The summed E-state index contributed by atoms with van der Waals surface area (Å²) < 4.78 is 69.9. The molecule has 0 aliphatic heterocycles. The number of hydrogen-bond acceptors (Lipinski definition) is 2. The molecule has 6 heteroatoms. The van der Waals surface area contributed by atoms with Crippen molar-refractivity contribution >= 4 is 0 Å². The number of halogens is 4. The van der Waals surface area contributed by atoms with Crippen LogP contribution >= 0.6 is 0 Å². The van der Waals surface area contributed by atoms with Gasteiger partial charge in [-0.15, -0.1) is 0 Å². The Bertz CT molecular complexity index is 1170. The van der Waals surface area contributed by atoms with Crippen LogP contribution in [0.25, 0.3) is 11.1 Å². The fourth-order valence-corrected chi connectivity index (χ4v) is 4.71. The van der Waals surface area contributed by atoms with Crippen LogP contribution in [0.3, 0.4) is 0 Å². The van der Waals surface area contributed by atoms with Crippen LogP contribution in [-0.4, -0.2) is 12.7 Å². The Morgan fingerprint density at radius 2 is 1.50 bits per heavy atom. The van der Waals surface area contributed by atoms with E-state index in [1.165, 1.54) is 6.07 Å². The first kappa shape index (κ1) is 26.2. The van der Waals surface area contributed by atoms with E-state index in [0.29, 0.717) is 43.4 Å². The second kappa shape index (κ2) is 11.9. The minimum absolute atomic E-state index is 0.0426. The van der Waals surface area contributed by atoms with Crippen molar-refractivity contribution in [3.05, 3.63) is 88.5 Å². The van der Waals surface area contributed by atoms with Crippen molar-refractivity contribution in [2.45, 2.75) is 71.0 Å². The second-order valence-electron chi connectivity index (χ2n) is 9.53. The molecule has 1 saturated carbocycles. The molecule has 3 aromatic rings. The number of rotatable bonds is 9. The van der Waals surface area contributed by atoms with Crippen LogP contribution in [0.15, 0.2) is 48.5 Å². The van der Waals surface area contributed by atoms with Crippen LogP contribution in [0.1, 0.15) is 68.1 Å². The fourth-order valence-electron chi connectivity index (χ4n) is 4.71. The molecule has 36 heavy (non-hydrogen) atoms. The van der Waals surface area contributed by atoms with Crippen LogP contribution in [0, 0.1) is 30.2 Å². The van der Waals surface area contributed by atoms with Crippen molar-refractivity contribution in [1.29, 1.82) is 0 Å².